The summed E-state index contributed by atoms with van der Waals surface area (Å²) in [6.07, 6.45) is 2.40. The Kier molecular flexibility index (Phi) is 2.38. The zero-order valence-corrected chi connectivity index (χ0v) is 6.48. The molecule has 0 fully saturated rings. The van der Waals surface area contributed by atoms with Crippen molar-refractivity contribution in [3.8, 4) is 5.88 Å². The van der Waals surface area contributed by atoms with Gasteiger partial charge in [-0.2, -0.15) is 0 Å². The Morgan fingerprint density at radius 1 is 1.45 bits per heavy atom. The Bertz CT molecular complexity index is 238. The van der Waals surface area contributed by atoms with Gasteiger partial charge in [-0.3, -0.25) is 4.98 Å². The van der Waals surface area contributed by atoms with Crippen molar-refractivity contribution in [3.63, 3.8) is 0 Å². The number of methoxy groups -OCH3 is 1. The van der Waals surface area contributed by atoms with Crippen LogP contribution in [0.25, 0.3) is 0 Å². The summed E-state index contributed by atoms with van der Waals surface area (Å²) < 4.78 is 4.87. The van der Waals surface area contributed by atoms with Gasteiger partial charge >= 0.3 is 0 Å². The van der Waals surface area contributed by atoms with E-state index in [1.807, 2.05) is 0 Å². The minimum absolute atomic E-state index is 0.377. The number of aliphatic hydroxyl groups excluding tert-OH is 1. The minimum Gasteiger partial charge on any atom is -0.480 e. The molecule has 1 unspecified atom stereocenters. The SMILES string of the molecule is COc1nccnc1C(C)O. The zero-order chi connectivity index (χ0) is 8.27. The van der Waals surface area contributed by atoms with E-state index in [-0.39, 0.29) is 0 Å². The van der Waals surface area contributed by atoms with Crippen molar-refractivity contribution in [2.24, 2.45) is 0 Å². The molecular formula is C7H10N2O2. The van der Waals surface area contributed by atoms with E-state index in [0.717, 1.165) is 0 Å². The molecule has 11 heavy (non-hydrogen) atoms. The fourth-order valence-electron chi connectivity index (χ4n) is 0.780. The Labute approximate surface area is 64.9 Å². The molecule has 0 saturated heterocycles. The van der Waals surface area contributed by atoms with E-state index in [0.29, 0.717) is 11.6 Å². The molecule has 4 nitrogen and oxygen atoms in total. The smallest absolute Gasteiger partial charge is 0.238 e. The van der Waals surface area contributed by atoms with Gasteiger partial charge in [0.15, 0.2) is 0 Å². The summed E-state index contributed by atoms with van der Waals surface area (Å²) in [5.41, 5.74) is 0.468. The average molecular weight is 154 g/mol. The van der Waals surface area contributed by atoms with Crippen molar-refractivity contribution < 1.29 is 9.84 Å². The largest absolute Gasteiger partial charge is 0.480 e. The summed E-state index contributed by atoms with van der Waals surface area (Å²) in [5, 5.41) is 9.15. The number of hydrogen-bond donors (Lipinski definition) is 1. The Morgan fingerprint density at radius 2 is 2.09 bits per heavy atom. The van der Waals surface area contributed by atoms with E-state index in [2.05, 4.69) is 9.97 Å². The van der Waals surface area contributed by atoms with Crippen LogP contribution in [0.4, 0.5) is 0 Å². The summed E-state index contributed by atoms with van der Waals surface area (Å²) in [4.78, 5) is 7.79. The van der Waals surface area contributed by atoms with Crippen LogP contribution in [0.15, 0.2) is 12.4 Å². The number of aromatic nitrogens is 2. The maximum Gasteiger partial charge on any atom is 0.238 e. The molecule has 0 spiro atoms. The Hall–Kier alpha value is -1.16. The van der Waals surface area contributed by atoms with Crippen molar-refractivity contribution in [1.29, 1.82) is 0 Å². The summed E-state index contributed by atoms with van der Waals surface area (Å²) in [6.45, 7) is 1.62. The lowest BCUT2D eigenvalue weighted by atomic mass is 10.3. The van der Waals surface area contributed by atoms with Gasteiger partial charge in [-0.05, 0) is 6.92 Å². The fraction of sp³-hybridized carbons (Fsp3) is 0.429. The molecule has 0 saturated carbocycles. The predicted octanol–water partition coefficient (Wildman–Crippen LogP) is 0.538. The van der Waals surface area contributed by atoms with Gasteiger partial charge in [0.25, 0.3) is 0 Å². The molecule has 1 rings (SSSR count). The maximum atomic E-state index is 9.15. The van der Waals surface area contributed by atoms with Crippen molar-refractivity contribution >= 4 is 0 Å². The molecule has 0 aromatic carbocycles. The molecule has 0 aliphatic rings. The first-order valence-corrected chi connectivity index (χ1v) is 3.28. The highest BCUT2D eigenvalue weighted by Gasteiger charge is 2.09. The Morgan fingerprint density at radius 3 is 2.55 bits per heavy atom. The molecular weight excluding hydrogens is 144 g/mol. The van der Waals surface area contributed by atoms with E-state index in [1.54, 1.807) is 6.92 Å². The summed E-state index contributed by atoms with van der Waals surface area (Å²) in [5.74, 6) is 0.377. The van der Waals surface area contributed by atoms with Crippen molar-refractivity contribution in [2.75, 3.05) is 7.11 Å². The number of hydrogen-bond acceptors (Lipinski definition) is 4. The highest BCUT2D eigenvalue weighted by atomic mass is 16.5. The molecule has 1 N–H and O–H groups in total. The maximum absolute atomic E-state index is 9.15. The zero-order valence-electron chi connectivity index (χ0n) is 6.48. The second kappa shape index (κ2) is 3.30. The quantitative estimate of drug-likeness (QED) is 0.675. The first-order chi connectivity index (χ1) is 5.25. The molecule has 4 heteroatoms. The number of rotatable bonds is 2. The van der Waals surface area contributed by atoms with Gasteiger partial charge < -0.3 is 9.84 Å². The van der Waals surface area contributed by atoms with Crippen LogP contribution in [0.5, 0.6) is 5.88 Å². The summed E-state index contributed by atoms with van der Waals surface area (Å²) >= 11 is 0. The van der Waals surface area contributed by atoms with Gasteiger partial charge in [0.05, 0.1) is 13.2 Å². The molecule has 1 aromatic heterocycles. The number of aliphatic hydroxyl groups is 1. The molecule has 60 valence electrons. The van der Waals surface area contributed by atoms with Crippen LogP contribution in [-0.4, -0.2) is 22.2 Å². The van der Waals surface area contributed by atoms with Gasteiger partial charge in [-0.1, -0.05) is 0 Å². The lowest BCUT2D eigenvalue weighted by molar-refractivity contribution is 0.187. The normalized spacial score (nSPS) is 12.6. The number of ether oxygens (including phenoxy) is 1. The van der Waals surface area contributed by atoms with E-state index in [1.165, 1.54) is 19.5 Å². The van der Waals surface area contributed by atoms with Crippen LogP contribution in [0.2, 0.25) is 0 Å². The van der Waals surface area contributed by atoms with Crippen LogP contribution in [0, 0.1) is 0 Å². The average Bonchev–Trinajstić information content (AvgIpc) is 2.04. The van der Waals surface area contributed by atoms with Gasteiger partial charge in [-0.25, -0.2) is 4.98 Å². The van der Waals surface area contributed by atoms with E-state index in [9.17, 15) is 0 Å². The van der Waals surface area contributed by atoms with Crippen molar-refractivity contribution in [3.05, 3.63) is 18.1 Å². The highest BCUT2D eigenvalue weighted by molar-refractivity contribution is 5.18. The van der Waals surface area contributed by atoms with Crippen LogP contribution in [0.1, 0.15) is 18.7 Å². The molecule has 1 aromatic rings. The third-order valence-corrected chi connectivity index (χ3v) is 1.28. The second-order valence-electron chi connectivity index (χ2n) is 2.13. The third kappa shape index (κ3) is 1.65. The standard InChI is InChI=1S/C7H10N2O2/c1-5(10)6-7(11-2)9-4-3-8-6/h3-5,10H,1-2H3. The van der Waals surface area contributed by atoms with Gasteiger partial charge in [0.1, 0.15) is 5.69 Å². The van der Waals surface area contributed by atoms with Crippen molar-refractivity contribution in [1.82, 2.24) is 9.97 Å². The molecule has 0 aliphatic heterocycles. The molecule has 0 bridgehead atoms. The predicted molar refractivity (Wildman–Crippen MR) is 39.2 cm³/mol. The lowest BCUT2D eigenvalue weighted by Crippen LogP contribution is -2.00. The van der Waals surface area contributed by atoms with Gasteiger partial charge in [0, 0.05) is 12.4 Å². The molecule has 0 amide bonds. The summed E-state index contributed by atoms with van der Waals surface area (Å²) in [6, 6.07) is 0. The molecule has 1 heterocycles. The molecule has 1 atom stereocenters. The van der Waals surface area contributed by atoms with E-state index >= 15 is 0 Å². The Balaban J connectivity index is 3.02. The van der Waals surface area contributed by atoms with Crippen LogP contribution >= 0.6 is 0 Å². The minimum atomic E-state index is -0.640. The summed E-state index contributed by atoms with van der Waals surface area (Å²) in [7, 11) is 1.50. The highest BCUT2D eigenvalue weighted by Crippen LogP contribution is 2.17. The monoisotopic (exact) mass is 154 g/mol. The first-order valence-electron chi connectivity index (χ1n) is 3.28. The topological polar surface area (TPSA) is 55.2 Å². The van der Waals surface area contributed by atoms with E-state index in [4.69, 9.17) is 9.84 Å². The lowest BCUT2D eigenvalue weighted by Gasteiger charge is -2.06. The first kappa shape index (κ1) is 7.94. The fourth-order valence-corrected chi connectivity index (χ4v) is 0.780. The van der Waals surface area contributed by atoms with Gasteiger partial charge in [0.2, 0.25) is 5.88 Å². The molecule has 0 radical (unpaired) electrons. The number of nitrogens with zero attached hydrogens (tertiary/aromatic N) is 2. The van der Waals surface area contributed by atoms with Crippen LogP contribution < -0.4 is 4.74 Å². The van der Waals surface area contributed by atoms with Gasteiger partial charge in [-0.15, -0.1) is 0 Å². The van der Waals surface area contributed by atoms with E-state index < -0.39 is 6.10 Å². The third-order valence-electron chi connectivity index (χ3n) is 1.28. The second-order valence-corrected chi connectivity index (χ2v) is 2.13. The van der Waals surface area contributed by atoms with Crippen molar-refractivity contribution in [2.45, 2.75) is 13.0 Å². The van der Waals surface area contributed by atoms with Crippen LogP contribution in [0.3, 0.4) is 0 Å². The molecule has 0 aliphatic carbocycles. The van der Waals surface area contributed by atoms with Crippen LogP contribution in [-0.2, 0) is 0 Å².